The molecule has 2 bridgehead atoms. The molecule has 1 aromatic rings. The lowest BCUT2D eigenvalue weighted by atomic mass is 10.0. The Bertz CT molecular complexity index is 539. The van der Waals surface area contributed by atoms with Crippen LogP contribution in [0, 0.1) is 3.57 Å². The fourth-order valence-electron chi connectivity index (χ4n) is 3.93. The molecule has 0 radical (unpaired) electrons. The third-order valence-corrected chi connectivity index (χ3v) is 6.83. The second-order valence-corrected chi connectivity index (χ2v) is 7.84. The largest absolute Gasteiger partial charge is 0.299 e. The van der Waals surface area contributed by atoms with E-state index in [1.54, 1.807) is 0 Å². The number of piperazine rings is 3. The Balaban J connectivity index is 1.69. The zero-order chi connectivity index (χ0) is 14.4. The van der Waals surface area contributed by atoms with E-state index in [4.69, 9.17) is 16.6 Å². The van der Waals surface area contributed by atoms with Gasteiger partial charge in [-0.1, -0.05) is 24.4 Å². The number of rotatable bonds is 2. The van der Waals surface area contributed by atoms with Crippen LogP contribution in [0.4, 0.5) is 0 Å². The molecule has 3 aliphatic heterocycles. The number of hydrogen-bond acceptors (Lipinski definition) is 4. The molecule has 21 heavy (non-hydrogen) atoms. The summed E-state index contributed by atoms with van der Waals surface area (Å²) in [4.78, 5) is 14.7. The molecule has 0 N–H and O–H groups in total. The Hall–Kier alpha value is 0.0200. The van der Waals surface area contributed by atoms with Crippen molar-refractivity contribution in [3.05, 3.63) is 20.2 Å². The Morgan fingerprint density at radius 3 is 2.38 bits per heavy atom. The lowest BCUT2D eigenvalue weighted by Crippen LogP contribution is -2.57. The monoisotopic (exact) mass is 418 g/mol. The van der Waals surface area contributed by atoms with Crippen LogP contribution < -0.4 is 0 Å². The smallest absolute Gasteiger partial charge is 0.148 e. The number of fused-ring (bicyclic) bond motifs is 3. The van der Waals surface area contributed by atoms with Gasteiger partial charge in [0, 0.05) is 38.6 Å². The van der Waals surface area contributed by atoms with E-state index < -0.39 is 0 Å². The fourth-order valence-corrected chi connectivity index (χ4v) is 4.80. The molecule has 1 aromatic heterocycles. The standard InChI is InChI=1S/C15H20ClIN4/c16-14-12(17)13(10-3-1-2-4-10)18-15(19-14)11-9-20-5-7-21(11)8-6-20/h10-11H,1-9H2. The molecule has 1 aliphatic carbocycles. The third kappa shape index (κ3) is 2.71. The average Bonchev–Trinajstić information content (AvgIpc) is 3.05. The van der Waals surface area contributed by atoms with Crippen LogP contribution in [0.2, 0.25) is 5.15 Å². The van der Waals surface area contributed by atoms with E-state index in [2.05, 4.69) is 37.4 Å². The summed E-state index contributed by atoms with van der Waals surface area (Å²) >= 11 is 8.75. The molecule has 0 spiro atoms. The predicted octanol–water partition coefficient (Wildman–Crippen LogP) is 3.06. The van der Waals surface area contributed by atoms with Gasteiger partial charge < -0.3 is 0 Å². The summed E-state index contributed by atoms with van der Waals surface area (Å²) in [6.07, 6.45) is 5.15. The molecule has 3 saturated heterocycles. The molecule has 0 aromatic carbocycles. The van der Waals surface area contributed by atoms with Crippen LogP contribution in [0.5, 0.6) is 0 Å². The first-order chi connectivity index (χ1) is 10.2. The second kappa shape index (κ2) is 5.91. The first kappa shape index (κ1) is 14.6. The molecule has 4 nitrogen and oxygen atoms in total. The van der Waals surface area contributed by atoms with E-state index in [9.17, 15) is 0 Å². The summed E-state index contributed by atoms with van der Waals surface area (Å²) < 4.78 is 1.07. The minimum atomic E-state index is 0.335. The summed E-state index contributed by atoms with van der Waals surface area (Å²) in [7, 11) is 0. The van der Waals surface area contributed by atoms with Gasteiger partial charge in [-0.3, -0.25) is 9.80 Å². The van der Waals surface area contributed by atoms with Gasteiger partial charge in [0.2, 0.25) is 0 Å². The quantitative estimate of drug-likeness (QED) is 0.546. The maximum atomic E-state index is 6.43. The summed E-state index contributed by atoms with van der Waals surface area (Å²) in [5.41, 5.74) is 1.21. The SMILES string of the molecule is Clc1nc(C2CN3CCN2CC3)nc(C2CCCC2)c1I. The van der Waals surface area contributed by atoms with Crippen LogP contribution in [0.25, 0.3) is 0 Å². The van der Waals surface area contributed by atoms with Gasteiger partial charge in [-0.25, -0.2) is 9.97 Å². The van der Waals surface area contributed by atoms with Crippen molar-refractivity contribution in [2.45, 2.75) is 37.6 Å². The van der Waals surface area contributed by atoms with Crippen LogP contribution in [0.3, 0.4) is 0 Å². The molecule has 4 fully saturated rings. The van der Waals surface area contributed by atoms with Gasteiger partial charge in [0.15, 0.2) is 0 Å². The number of nitrogens with zero attached hydrogens (tertiary/aromatic N) is 4. The minimum Gasteiger partial charge on any atom is -0.299 e. The first-order valence-electron chi connectivity index (χ1n) is 7.91. The number of hydrogen-bond donors (Lipinski definition) is 0. The van der Waals surface area contributed by atoms with Crippen molar-refractivity contribution in [3.8, 4) is 0 Å². The summed E-state index contributed by atoms with van der Waals surface area (Å²) in [5.74, 6) is 1.54. The number of halogens is 2. The molecule has 1 unspecified atom stereocenters. The van der Waals surface area contributed by atoms with Crippen molar-refractivity contribution < 1.29 is 0 Å². The predicted molar refractivity (Wildman–Crippen MR) is 91.7 cm³/mol. The van der Waals surface area contributed by atoms with E-state index in [1.807, 2.05) is 0 Å². The Morgan fingerprint density at radius 1 is 1.05 bits per heavy atom. The summed E-state index contributed by atoms with van der Waals surface area (Å²) in [6.45, 7) is 5.70. The summed E-state index contributed by atoms with van der Waals surface area (Å²) in [6, 6.07) is 0.335. The molecule has 1 saturated carbocycles. The van der Waals surface area contributed by atoms with E-state index in [-0.39, 0.29) is 0 Å². The highest BCUT2D eigenvalue weighted by Gasteiger charge is 2.35. The maximum Gasteiger partial charge on any atom is 0.148 e. The molecule has 114 valence electrons. The average molecular weight is 419 g/mol. The van der Waals surface area contributed by atoms with Crippen LogP contribution in [0.15, 0.2) is 0 Å². The van der Waals surface area contributed by atoms with Crippen LogP contribution in [-0.2, 0) is 0 Å². The van der Waals surface area contributed by atoms with Gasteiger partial charge in [0.05, 0.1) is 15.3 Å². The van der Waals surface area contributed by atoms with Crippen LogP contribution in [-0.4, -0.2) is 52.5 Å². The molecule has 4 heterocycles. The molecule has 0 amide bonds. The maximum absolute atomic E-state index is 6.43. The fraction of sp³-hybridized carbons (Fsp3) is 0.733. The minimum absolute atomic E-state index is 0.335. The lowest BCUT2D eigenvalue weighted by Gasteiger charge is -2.46. The van der Waals surface area contributed by atoms with Gasteiger partial charge in [0.1, 0.15) is 11.0 Å². The van der Waals surface area contributed by atoms with Crippen LogP contribution in [0.1, 0.15) is 49.2 Å². The third-order valence-electron chi connectivity index (χ3n) is 5.17. The van der Waals surface area contributed by atoms with Gasteiger partial charge in [-0.05, 0) is 35.4 Å². The van der Waals surface area contributed by atoms with E-state index in [0.717, 1.165) is 29.0 Å². The van der Waals surface area contributed by atoms with Gasteiger partial charge in [-0.2, -0.15) is 0 Å². The highest BCUT2D eigenvalue weighted by Crippen LogP contribution is 2.38. The lowest BCUT2D eigenvalue weighted by molar-refractivity contribution is 0.00851. The van der Waals surface area contributed by atoms with Crippen molar-refractivity contribution in [1.29, 1.82) is 0 Å². The Morgan fingerprint density at radius 2 is 1.76 bits per heavy atom. The highest BCUT2D eigenvalue weighted by molar-refractivity contribution is 14.1. The van der Waals surface area contributed by atoms with Crippen molar-refractivity contribution in [3.63, 3.8) is 0 Å². The molecule has 1 atom stereocenters. The van der Waals surface area contributed by atoms with Crippen molar-refractivity contribution >= 4 is 34.2 Å². The highest BCUT2D eigenvalue weighted by atomic mass is 127. The van der Waals surface area contributed by atoms with Gasteiger partial charge in [-0.15, -0.1) is 0 Å². The summed E-state index contributed by atoms with van der Waals surface area (Å²) in [5, 5.41) is 0.653. The molecular formula is C15H20ClIN4. The first-order valence-corrected chi connectivity index (χ1v) is 9.37. The zero-order valence-electron chi connectivity index (χ0n) is 12.1. The Labute approximate surface area is 144 Å². The number of aromatic nitrogens is 2. The van der Waals surface area contributed by atoms with Crippen LogP contribution >= 0.6 is 34.2 Å². The van der Waals surface area contributed by atoms with E-state index >= 15 is 0 Å². The van der Waals surface area contributed by atoms with Gasteiger partial charge in [0.25, 0.3) is 0 Å². The van der Waals surface area contributed by atoms with E-state index in [0.29, 0.717) is 17.1 Å². The molecule has 4 aliphatic rings. The second-order valence-electron chi connectivity index (χ2n) is 6.41. The topological polar surface area (TPSA) is 32.3 Å². The normalized spacial score (nSPS) is 32.8. The van der Waals surface area contributed by atoms with Gasteiger partial charge >= 0.3 is 0 Å². The molecular weight excluding hydrogens is 399 g/mol. The van der Waals surface area contributed by atoms with Crippen molar-refractivity contribution in [2.24, 2.45) is 0 Å². The molecule has 6 heteroatoms. The zero-order valence-corrected chi connectivity index (χ0v) is 15.0. The van der Waals surface area contributed by atoms with Crippen molar-refractivity contribution in [1.82, 2.24) is 19.8 Å². The van der Waals surface area contributed by atoms with Crippen molar-refractivity contribution in [2.75, 3.05) is 32.7 Å². The van der Waals surface area contributed by atoms with E-state index in [1.165, 1.54) is 44.5 Å². The Kier molecular flexibility index (Phi) is 4.11. The molecule has 5 rings (SSSR count).